The summed E-state index contributed by atoms with van der Waals surface area (Å²) in [6.45, 7) is 13.0. The van der Waals surface area contributed by atoms with Crippen molar-refractivity contribution in [2.75, 3.05) is 13.2 Å². The standard InChI is InChI=1S/C18H31NO/c1-15(2)19-12-7-6-8-13-20-17-11-9-10-16(14-17)18(3,4)5/h9-11,14-15,19H,6-8,12-13H2,1-5H3. The molecule has 1 aromatic carbocycles. The molecule has 0 saturated heterocycles. The summed E-state index contributed by atoms with van der Waals surface area (Å²) in [6.07, 6.45) is 3.57. The zero-order valence-corrected chi connectivity index (χ0v) is 13.8. The van der Waals surface area contributed by atoms with Crippen LogP contribution < -0.4 is 10.1 Å². The van der Waals surface area contributed by atoms with Crippen molar-refractivity contribution in [3.63, 3.8) is 0 Å². The molecule has 0 saturated carbocycles. The summed E-state index contributed by atoms with van der Waals surface area (Å²) in [5.41, 5.74) is 1.51. The fourth-order valence-corrected chi connectivity index (χ4v) is 2.04. The average Bonchev–Trinajstić information content (AvgIpc) is 2.36. The molecule has 0 unspecified atom stereocenters. The van der Waals surface area contributed by atoms with E-state index in [0.717, 1.165) is 25.3 Å². The lowest BCUT2D eigenvalue weighted by atomic mass is 9.87. The molecule has 20 heavy (non-hydrogen) atoms. The summed E-state index contributed by atoms with van der Waals surface area (Å²) in [5.74, 6) is 0.998. The van der Waals surface area contributed by atoms with E-state index in [1.54, 1.807) is 0 Å². The highest BCUT2D eigenvalue weighted by molar-refractivity contribution is 5.32. The van der Waals surface area contributed by atoms with Gasteiger partial charge in [0.05, 0.1) is 6.61 Å². The number of nitrogens with one attached hydrogen (secondary N) is 1. The lowest BCUT2D eigenvalue weighted by molar-refractivity contribution is 0.304. The molecule has 0 amide bonds. The largest absolute Gasteiger partial charge is 0.494 e. The van der Waals surface area contributed by atoms with Crippen LogP contribution in [-0.2, 0) is 5.41 Å². The Hall–Kier alpha value is -1.02. The van der Waals surface area contributed by atoms with Gasteiger partial charge in [-0.05, 0) is 48.9 Å². The van der Waals surface area contributed by atoms with Gasteiger partial charge in [-0.1, -0.05) is 46.8 Å². The predicted molar refractivity (Wildman–Crippen MR) is 87.6 cm³/mol. The molecule has 1 rings (SSSR count). The second-order valence-electron chi connectivity index (χ2n) is 6.80. The molecule has 114 valence electrons. The van der Waals surface area contributed by atoms with Crippen LogP contribution in [0.1, 0.15) is 59.4 Å². The van der Waals surface area contributed by atoms with E-state index in [1.165, 1.54) is 18.4 Å². The molecular formula is C18H31NO. The lowest BCUT2D eigenvalue weighted by Gasteiger charge is -2.19. The first-order chi connectivity index (χ1) is 9.39. The smallest absolute Gasteiger partial charge is 0.119 e. The van der Waals surface area contributed by atoms with E-state index < -0.39 is 0 Å². The number of hydrogen-bond acceptors (Lipinski definition) is 2. The first-order valence-corrected chi connectivity index (χ1v) is 7.86. The maximum atomic E-state index is 5.85. The summed E-state index contributed by atoms with van der Waals surface area (Å²) >= 11 is 0. The third kappa shape index (κ3) is 6.95. The third-order valence-corrected chi connectivity index (χ3v) is 3.34. The van der Waals surface area contributed by atoms with Crippen molar-refractivity contribution in [2.24, 2.45) is 0 Å². The van der Waals surface area contributed by atoms with Gasteiger partial charge in [0.25, 0.3) is 0 Å². The van der Waals surface area contributed by atoms with Crippen molar-refractivity contribution >= 4 is 0 Å². The van der Waals surface area contributed by atoms with Crippen molar-refractivity contribution in [3.8, 4) is 5.75 Å². The quantitative estimate of drug-likeness (QED) is 0.705. The van der Waals surface area contributed by atoms with Crippen LogP contribution in [0.3, 0.4) is 0 Å². The van der Waals surface area contributed by atoms with Crippen molar-refractivity contribution in [1.29, 1.82) is 0 Å². The molecule has 2 heteroatoms. The zero-order valence-electron chi connectivity index (χ0n) is 13.8. The third-order valence-electron chi connectivity index (χ3n) is 3.34. The molecule has 0 bridgehead atoms. The maximum absolute atomic E-state index is 5.85. The van der Waals surface area contributed by atoms with Gasteiger partial charge in [0.2, 0.25) is 0 Å². The fourth-order valence-electron chi connectivity index (χ4n) is 2.04. The van der Waals surface area contributed by atoms with Crippen molar-refractivity contribution < 1.29 is 4.74 Å². The van der Waals surface area contributed by atoms with Crippen LogP contribution in [0.4, 0.5) is 0 Å². The highest BCUT2D eigenvalue weighted by Gasteiger charge is 2.13. The van der Waals surface area contributed by atoms with E-state index in [0.29, 0.717) is 6.04 Å². The van der Waals surface area contributed by atoms with E-state index in [-0.39, 0.29) is 5.41 Å². The SMILES string of the molecule is CC(C)NCCCCCOc1cccc(C(C)(C)C)c1. The maximum Gasteiger partial charge on any atom is 0.119 e. The Labute approximate surface area is 124 Å². The zero-order chi connectivity index (χ0) is 15.0. The average molecular weight is 277 g/mol. The van der Waals surface area contributed by atoms with Crippen LogP contribution >= 0.6 is 0 Å². The van der Waals surface area contributed by atoms with Crippen molar-refractivity contribution in [2.45, 2.75) is 65.3 Å². The molecular weight excluding hydrogens is 246 g/mol. The highest BCUT2D eigenvalue weighted by Crippen LogP contribution is 2.25. The number of hydrogen-bond donors (Lipinski definition) is 1. The molecule has 0 fully saturated rings. The summed E-state index contributed by atoms with van der Waals surface area (Å²) in [7, 11) is 0. The van der Waals surface area contributed by atoms with E-state index in [9.17, 15) is 0 Å². The van der Waals surface area contributed by atoms with Gasteiger partial charge in [0, 0.05) is 6.04 Å². The normalized spacial score (nSPS) is 11.9. The Morgan fingerprint density at radius 1 is 1.10 bits per heavy atom. The van der Waals surface area contributed by atoms with Gasteiger partial charge < -0.3 is 10.1 Å². The first-order valence-electron chi connectivity index (χ1n) is 7.86. The van der Waals surface area contributed by atoms with Gasteiger partial charge in [0.1, 0.15) is 5.75 Å². The number of ether oxygens (including phenoxy) is 1. The van der Waals surface area contributed by atoms with Crippen LogP contribution in [0.5, 0.6) is 5.75 Å². The summed E-state index contributed by atoms with van der Waals surface area (Å²) < 4.78 is 5.85. The van der Waals surface area contributed by atoms with Crippen molar-refractivity contribution in [3.05, 3.63) is 29.8 Å². The highest BCUT2D eigenvalue weighted by atomic mass is 16.5. The van der Waals surface area contributed by atoms with Crippen molar-refractivity contribution in [1.82, 2.24) is 5.32 Å². The van der Waals surface area contributed by atoms with Gasteiger partial charge in [0.15, 0.2) is 0 Å². The Morgan fingerprint density at radius 3 is 2.50 bits per heavy atom. The summed E-state index contributed by atoms with van der Waals surface area (Å²) in [5, 5.41) is 3.44. The van der Waals surface area contributed by atoms with Gasteiger partial charge in [-0.3, -0.25) is 0 Å². The lowest BCUT2D eigenvalue weighted by Crippen LogP contribution is -2.23. The Morgan fingerprint density at radius 2 is 1.85 bits per heavy atom. The monoisotopic (exact) mass is 277 g/mol. The molecule has 0 aromatic heterocycles. The van der Waals surface area contributed by atoms with Crippen LogP contribution in [0.15, 0.2) is 24.3 Å². The van der Waals surface area contributed by atoms with E-state index >= 15 is 0 Å². The second-order valence-corrected chi connectivity index (χ2v) is 6.80. The molecule has 0 heterocycles. The molecule has 0 aliphatic carbocycles. The molecule has 0 atom stereocenters. The van der Waals surface area contributed by atoms with Gasteiger partial charge in [-0.25, -0.2) is 0 Å². The molecule has 2 nitrogen and oxygen atoms in total. The molecule has 0 aliphatic rings. The summed E-state index contributed by atoms with van der Waals surface area (Å²) in [4.78, 5) is 0. The number of benzene rings is 1. The summed E-state index contributed by atoms with van der Waals surface area (Å²) in [6, 6.07) is 9.06. The Kier molecular flexibility index (Phi) is 7.08. The topological polar surface area (TPSA) is 21.3 Å². The minimum absolute atomic E-state index is 0.182. The fraction of sp³-hybridized carbons (Fsp3) is 0.667. The molecule has 0 radical (unpaired) electrons. The second kappa shape index (κ2) is 8.31. The molecule has 0 spiro atoms. The van der Waals surface area contributed by atoms with E-state index in [4.69, 9.17) is 4.74 Å². The first kappa shape index (κ1) is 17.0. The molecule has 1 aromatic rings. The van der Waals surface area contributed by atoms with E-state index in [1.807, 2.05) is 0 Å². The van der Waals surface area contributed by atoms with Gasteiger partial charge >= 0.3 is 0 Å². The Bertz CT molecular complexity index is 379. The van der Waals surface area contributed by atoms with Crippen LogP contribution in [0, 0.1) is 0 Å². The molecule has 0 aliphatic heterocycles. The van der Waals surface area contributed by atoms with E-state index in [2.05, 4.69) is 64.2 Å². The predicted octanol–water partition coefficient (Wildman–Crippen LogP) is 4.53. The number of unbranched alkanes of at least 4 members (excludes halogenated alkanes) is 2. The van der Waals surface area contributed by atoms with Gasteiger partial charge in [-0.15, -0.1) is 0 Å². The minimum atomic E-state index is 0.182. The Balaban J connectivity index is 2.22. The number of rotatable bonds is 8. The molecule has 1 N–H and O–H groups in total. The van der Waals surface area contributed by atoms with Crippen LogP contribution in [0.25, 0.3) is 0 Å². The van der Waals surface area contributed by atoms with Gasteiger partial charge in [-0.2, -0.15) is 0 Å². The minimum Gasteiger partial charge on any atom is -0.494 e. The van der Waals surface area contributed by atoms with Crippen LogP contribution in [-0.4, -0.2) is 19.2 Å². The van der Waals surface area contributed by atoms with Crippen LogP contribution in [0.2, 0.25) is 0 Å².